The molecular weight excluding hydrogens is 392 g/mol. The minimum Gasteiger partial charge on any atom is -0.384 e. The fourth-order valence-electron chi connectivity index (χ4n) is 3.10. The molecule has 1 heterocycles. The number of sulfone groups is 1. The van der Waals surface area contributed by atoms with Gasteiger partial charge in [-0.1, -0.05) is 18.2 Å². The zero-order chi connectivity index (χ0) is 20.7. The van der Waals surface area contributed by atoms with Gasteiger partial charge in [-0.2, -0.15) is 0 Å². The quantitative estimate of drug-likeness (QED) is 0.707. The highest BCUT2D eigenvalue weighted by Gasteiger charge is 2.17. The average molecular weight is 419 g/mol. The summed E-state index contributed by atoms with van der Waals surface area (Å²) in [5, 5.41) is 2.94. The molecule has 0 radical (unpaired) electrons. The fourth-order valence-corrected chi connectivity index (χ4v) is 4.27. The highest BCUT2D eigenvalue weighted by atomic mass is 32.2. The Balaban J connectivity index is 1.69. The molecule has 1 aliphatic heterocycles. The second-order valence-corrected chi connectivity index (χ2v) is 8.94. The highest BCUT2D eigenvalue weighted by molar-refractivity contribution is 7.91. The monoisotopic (exact) mass is 418 g/mol. The van der Waals surface area contributed by atoms with Crippen molar-refractivity contribution in [2.24, 2.45) is 0 Å². The number of nitrogens with zero attached hydrogens (tertiary/aromatic N) is 1. The number of nitrogens with one attached hydrogen (secondary N) is 1. The number of para-hydroxylation sites is 1. The van der Waals surface area contributed by atoms with E-state index in [4.69, 9.17) is 9.47 Å². The molecule has 0 atom stereocenters. The highest BCUT2D eigenvalue weighted by Crippen LogP contribution is 2.20. The Bertz CT molecular complexity index is 922. The molecule has 0 unspecified atom stereocenters. The Morgan fingerprint density at radius 1 is 1.10 bits per heavy atom. The van der Waals surface area contributed by atoms with E-state index in [0.717, 1.165) is 30.9 Å². The summed E-state index contributed by atoms with van der Waals surface area (Å²) < 4.78 is 34.6. The van der Waals surface area contributed by atoms with Gasteiger partial charge in [-0.15, -0.1) is 0 Å². The van der Waals surface area contributed by atoms with Gasteiger partial charge in [0.1, 0.15) is 0 Å². The van der Waals surface area contributed by atoms with Crippen molar-refractivity contribution in [3.8, 4) is 0 Å². The smallest absolute Gasteiger partial charge is 0.255 e. The number of carbonyl (C=O) groups excluding carboxylic acids is 1. The van der Waals surface area contributed by atoms with Crippen molar-refractivity contribution in [2.45, 2.75) is 11.4 Å². The molecular formula is C21H26N2O5S. The van der Waals surface area contributed by atoms with Gasteiger partial charge in [0.25, 0.3) is 5.91 Å². The van der Waals surface area contributed by atoms with Gasteiger partial charge in [-0.05, 0) is 35.9 Å². The van der Waals surface area contributed by atoms with E-state index in [-0.39, 0.29) is 23.2 Å². The number of ether oxygens (including phenoxy) is 2. The van der Waals surface area contributed by atoms with Gasteiger partial charge in [-0.25, -0.2) is 8.42 Å². The topological polar surface area (TPSA) is 84.9 Å². The molecule has 1 aliphatic rings. The lowest BCUT2D eigenvalue weighted by Crippen LogP contribution is -2.35. The average Bonchev–Trinajstić information content (AvgIpc) is 2.74. The molecule has 1 fully saturated rings. The number of carbonyl (C=O) groups is 1. The van der Waals surface area contributed by atoms with Crippen LogP contribution >= 0.6 is 0 Å². The molecule has 0 aliphatic carbocycles. The third kappa shape index (κ3) is 5.86. The maximum Gasteiger partial charge on any atom is 0.255 e. The van der Waals surface area contributed by atoms with Crippen LogP contribution < -0.4 is 5.32 Å². The summed E-state index contributed by atoms with van der Waals surface area (Å²) in [7, 11) is -1.96. The van der Waals surface area contributed by atoms with E-state index >= 15 is 0 Å². The van der Waals surface area contributed by atoms with Crippen LogP contribution in [-0.2, 0) is 25.9 Å². The summed E-state index contributed by atoms with van der Waals surface area (Å²) in [6, 6.07) is 13.7. The van der Waals surface area contributed by atoms with Gasteiger partial charge >= 0.3 is 0 Å². The van der Waals surface area contributed by atoms with E-state index in [1.54, 1.807) is 0 Å². The van der Waals surface area contributed by atoms with Crippen LogP contribution in [0.4, 0.5) is 5.69 Å². The zero-order valence-electron chi connectivity index (χ0n) is 16.5. The second-order valence-electron chi connectivity index (χ2n) is 6.84. The molecule has 0 bridgehead atoms. The number of anilines is 1. The van der Waals surface area contributed by atoms with Gasteiger partial charge in [0.15, 0.2) is 9.84 Å². The number of morpholine rings is 1. The van der Waals surface area contributed by atoms with Crippen LogP contribution in [0.2, 0.25) is 0 Å². The number of hydrogen-bond donors (Lipinski definition) is 1. The van der Waals surface area contributed by atoms with Gasteiger partial charge in [0.2, 0.25) is 0 Å². The summed E-state index contributed by atoms with van der Waals surface area (Å²) in [4.78, 5) is 15.1. The first-order valence-electron chi connectivity index (χ1n) is 9.51. The van der Waals surface area contributed by atoms with E-state index in [0.29, 0.717) is 18.8 Å². The van der Waals surface area contributed by atoms with E-state index in [9.17, 15) is 13.2 Å². The molecule has 29 heavy (non-hydrogen) atoms. The van der Waals surface area contributed by atoms with Crippen LogP contribution in [-0.4, -0.2) is 65.0 Å². The third-order valence-electron chi connectivity index (χ3n) is 4.80. The standard InChI is InChI=1S/C21H26N2O5S/c1-27-14-15-29(25,26)19-8-6-17(7-9-19)21(24)22-20-5-3-2-4-18(20)16-23-10-12-28-13-11-23/h2-9H,10-16H2,1H3,(H,22,24). The molecule has 3 rings (SSSR count). The number of benzene rings is 2. The van der Waals surface area contributed by atoms with Crippen molar-refractivity contribution in [3.05, 3.63) is 59.7 Å². The summed E-state index contributed by atoms with van der Waals surface area (Å²) in [6.07, 6.45) is 0. The molecule has 1 N–H and O–H groups in total. The van der Waals surface area contributed by atoms with Crippen LogP contribution in [0.15, 0.2) is 53.4 Å². The summed E-state index contributed by atoms with van der Waals surface area (Å²) in [5.74, 6) is -0.371. The van der Waals surface area contributed by atoms with E-state index in [1.807, 2.05) is 24.3 Å². The predicted octanol–water partition coefficient (Wildman–Crippen LogP) is 2.19. The zero-order valence-corrected chi connectivity index (χ0v) is 17.3. The molecule has 8 heteroatoms. The third-order valence-corrected chi connectivity index (χ3v) is 6.49. The van der Waals surface area contributed by atoms with Gasteiger partial charge in [-0.3, -0.25) is 9.69 Å². The molecule has 0 spiro atoms. The first-order valence-corrected chi connectivity index (χ1v) is 11.2. The van der Waals surface area contributed by atoms with Crippen molar-refractivity contribution in [1.82, 2.24) is 4.90 Å². The second kappa shape index (κ2) is 9.98. The van der Waals surface area contributed by atoms with Crippen molar-refractivity contribution in [1.29, 1.82) is 0 Å². The molecule has 156 valence electrons. The van der Waals surface area contributed by atoms with Crippen LogP contribution in [0.5, 0.6) is 0 Å². The maximum atomic E-state index is 12.7. The lowest BCUT2D eigenvalue weighted by Gasteiger charge is -2.27. The van der Waals surface area contributed by atoms with Crippen molar-refractivity contribution < 1.29 is 22.7 Å². The molecule has 7 nitrogen and oxygen atoms in total. The SMILES string of the molecule is COCCS(=O)(=O)c1ccc(C(=O)Nc2ccccc2CN2CCOCC2)cc1. The molecule has 2 aromatic carbocycles. The van der Waals surface area contributed by atoms with E-state index < -0.39 is 9.84 Å². The van der Waals surface area contributed by atoms with Crippen LogP contribution in [0.25, 0.3) is 0 Å². The summed E-state index contributed by atoms with van der Waals surface area (Å²) in [5.41, 5.74) is 2.18. The minimum atomic E-state index is -3.42. The van der Waals surface area contributed by atoms with Crippen molar-refractivity contribution in [2.75, 3.05) is 51.1 Å². The number of rotatable bonds is 8. The number of amides is 1. The lowest BCUT2D eigenvalue weighted by atomic mass is 10.1. The summed E-state index contributed by atoms with van der Waals surface area (Å²) >= 11 is 0. The Labute approximate surface area is 171 Å². The molecule has 1 saturated heterocycles. The normalized spacial score (nSPS) is 15.2. The minimum absolute atomic E-state index is 0.0933. The van der Waals surface area contributed by atoms with E-state index in [1.165, 1.54) is 31.4 Å². The van der Waals surface area contributed by atoms with Crippen LogP contribution in [0.3, 0.4) is 0 Å². The van der Waals surface area contributed by atoms with Gasteiger partial charge in [0.05, 0.1) is 30.5 Å². The Hall–Kier alpha value is -2.26. The van der Waals surface area contributed by atoms with Crippen molar-refractivity contribution >= 4 is 21.4 Å². The van der Waals surface area contributed by atoms with Crippen LogP contribution in [0, 0.1) is 0 Å². The lowest BCUT2D eigenvalue weighted by molar-refractivity contribution is 0.0342. The summed E-state index contributed by atoms with van der Waals surface area (Å²) in [6.45, 7) is 4.02. The largest absolute Gasteiger partial charge is 0.384 e. The number of methoxy groups -OCH3 is 1. The fraction of sp³-hybridized carbons (Fsp3) is 0.381. The Morgan fingerprint density at radius 2 is 1.79 bits per heavy atom. The maximum absolute atomic E-state index is 12.7. The first-order chi connectivity index (χ1) is 14.0. The Kier molecular flexibility index (Phi) is 7.38. The predicted molar refractivity (Wildman–Crippen MR) is 111 cm³/mol. The molecule has 1 amide bonds. The molecule has 0 saturated carbocycles. The van der Waals surface area contributed by atoms with E-state index in [2.05, 4.69) is 10.2 Å². The number of hydrogen-bond acceptors (Lipinski definition) is 6. The van der Waals surface area contributed by atoms with Crippen LogP contribution in [0.1, 0.15) is 15.9 Å². The van der Waals surface area contributed by atoms with Gasteiger partial charge in [0, 0.05) is 38.0 Å². The Morgan fingerprint density at radius 3 is 2.48 bits per heavy atom. The van der Waals surface area contributed by atoms with Gasteiger partial charge < -0.3 is 14.8 Å². The van der Waals surface area contributed by atoms with Crippen molar-refractivity contribution in [3.63, 3.8) is 0 Å². The molecule has 2 aromatic rings. The first kappa shape index (κ1) is 21.4. The molecule has 0 aromatic heterocycles.